The van der Waals surface area contributed by atoms with Gasteiger partial charge >= 0.3 is 0 Å². The minimum Gasteiger partial charge on any atom is -0.392 e. The summed E-state index contributed by atoms with van der Waals surface area (Å²) in [7, 11) is -3.71. The van der Waals surface area contributed by atoms with Gasteiger partial charge in [0.2, 0.25) is 10.0 Å². The molecular weight excluding hydrogens is 307 g/mol. The van der Waals surface area contributed by atoms with Crippen LogP contribution >= 0.6 is 0 Å². The molecule has 22 heavy (non-hydrogen) atoms. The Hall–Kier alpha value is -1.02. The number of aliphatic hydroxyl groups excluding tert-OH is 1. The second-order valence-electron chi connectivity index (χ2n) is 5.94. The zero-order chi connectivity index (χ0) is 16.5. The molecule has 0 aliphatic carbocycles. The Morgan fingerprint density at radius 2 is 2.09 bits per heavy atom. The Bertz CT molecular complexity index is 634. The molecule has 1 aromatic rings. The summed E-state index contributed by atoms with van der Waals surface area (Å²) in [6.07, 6.45) is -0.444. The molecule has 2 rings (SSSR count). The second-order valence-corrected chi connectivity index (χ2v) is 7.80. The summed E-state index contributed by atoms with van der Waals surface area (Å²) in [5.74, 6) is -0.513. The molecule has 124 valence electrons. The van der Waals surface area contributed by atoms with Crippen molar-refractivity contribution in [3.8, 4) is 0 Å². The quantitative estimate of drug-likeness (QED) is 0.901. The molecule has 0 bridgehead atoms. The maximum Gasteiger partial charge on any atom is 0.243 e. The van der Waals surface area contributed by atoms with Gasteiger partial charge in [0.15, 0.2) is 0 Å². The van der Waals surface area contributed by atoms with E-state index in [0.29, 0.717) is 26.2 Å². The highest BCUT2D eigenvalue weighted by molar-refractivity contribution is 7.89. The number of aliphatic hydroxyl groups is 1. The van der Waals surface area contributed by atoms with E-state index < -0.39 is 21.9 Å². The molecule has 1 aromatic carbocycles. The van der Waals surface area contributed by atoms with Crippen molar-refractivity contribution < 1.29 is 17.9 Å². The number of β-amino-alcohol motifs (C(OH)–C–C–N with tert-alkyl or cyclic N) is 1. The van der Waals surface area contributed by atoms with Crippen molar-refractivity contribution in [2.24, 2.45) is 0 Å². The van der Waals surface area contributed by atoms with Gasteiger partial charge in [0.25, 0.3) is 0 Å². The Labute approximate surface area is 131 Å². The first-order valence-electron chi connectivity index (χ1n) is 7.41. The van der Waals surface area contributed by atoms with Crippen LogP contribution in [-0.2, 0) is 10.0 Å². The third-order valence-corrected chi connectivity index (χ3v) is 6.14. The van der Waals surface area contributed by atoms with Crippen LogP contribution in [-0.4, -0.2) is 61.1 Å². The molecule has 1 fully saturated rings. The van der Waals surface area contributed by atoms with Gasteiger partial charge in [0.1, 0.15) is 5.82 Å². The van der Waals surface area contributed by atoms with Crippen LogP contribution < -0.4 is 0 Å². The molecule has 0 radical (unpaired) electrons. The number of sulfonamides is 1. The van der Waals surface area contributed by atoms with Crippen LogP contribution in [0.1, 0.15) is 19.4 Å². The molecule has 1 saturated heterocycles. The highest BCUT2D eigenvalue weighted by atomic mass is 32.2. The molecule has 0 aromatic heterocycles. The standard InChI is InChI=1S/C15H23FN2O3S/c1-11-9-17(10-12(2)19)7-8-18(11)22(20,21)15-6-4-5-14(16)13(15)3/h4-6,11-12,19H,7-10H2,1-3H3/t11-,12-/m1/s1. The predicted molar refractivity (Wildman–Crippen MR) is 82.6 cm³/mol. The molecule has 1 aliphatic heterocycles. The molecule has 1 N–H and O–H groups in total. The smallest absolute Gasteiger partial charge is 0.243 e. The van der Waals surface area contributed by atoms with E-state index >= 15 is 0 Å². The molecule has 2 atom stereocenters. The van der Waals surface area contributed by atoms with Crippen molar-refractivity contribution in [2.45, 2.75) is 37.8 Å². The van der Waals surface area contributed by atoms with Crippen LogP contribution in [0.5, 0.6) is 0 Å². The number of piperazine rings is 1. The van der Waals surface area contributed by atoms with E-state index in [1.165, 1.54) is 29.4 Å². The Morgan fingerprint density at radius 3 is 2.68 bits per heavy atom. The van der Waals surface area contributed by atoms with Crippen LogP contribution in [0.4, 0.5) is 4.39 Å². The molecule has 0 spiro atoms. The monoisotopic (exact) mass is 330 g/mol. The largest absolute Gasteiger partial charge is 0.392 e. The summed E-state index contributed by atoms with van der Waals surface area (Å²) >= 11 is 0. The van der Waals surface area contributed by atoms with Crippen LogP contribution in [0.25, 0.3) is 0 Å². The predicted octanol–water partition coefficient (Wildman–Crippen LogP) is 1.21. The Morgan fingerprint density at radius 1 is 1.41 bits per heavy atom. The molecule has 7 heteroatoms. The van der Waals surface area contributed by atoms with Crippen molar-refractivity contribution >= 4 is 10.0 Å². The zero-order valence-corrected chi connectivity index (χ0v) is 14.0. The highest BCUT2D eigenvalue weighted by Gasteiger charge is 2.34. The van der Waals surface area contributed by atoms with Gasteiger partial charge in [-0.25, -0.2) is 12.8 Å². The number of hydrogen-bond donors (Lipinski definition) is 1. The van der Waals surface area contributed by atoms with Crippen molar-refractivity contribution in [3.05, 3.63) is 29.6 Å². The van der Waals surface area contributed by atoms with E-state index in [-0.39, 0.29) is 16.5 Å². The summed E-state index contributed by atoms with van der Waals surface area (Å²) in [5, 5.41) is 9.45. The van der Waals surface area contributed by atoms with E-state index in [9.17, 15) is 17.9 Å². The van der Waals surface area contributed by atoms with Gasteiger partial charge in [-0.15, -0.1) is 0 Å². The average molecular weight is 330 g/mol. The fourth-order valence-electron chi connectivity index (χ4n) is 2.91. The Balaban J connectivity index is 2.22. The number of hydrogen-bond acceptors (Lipinski definition) is 4. The third-order valence-electron chi connectivity index (χ3n) is 3.98. The summed E-state index contributed by atoms with van der Waals surface area (Å²) in [5.41, 5.74) is 0.154. The lowest BCUT2D eigenvalue weighted by Crippen LogP contribution is -2.54. The van der Waals surface area contributed by atoms with Gasteiger partial charge in [-0.05, 0) is 32.9 Å². The number of nitrogens with zero attached hydrogens (tertiary/aromatic N) is 2. The lowest BCUT2D eigenvalue weighted by Gasteiger charge is -2.39. The normalized spacial score (nSPS) is 22.7. The fourth-order valence-corrected chi connectivity index (χ4v) is 4.76. The SMILES string of the molecule is Cc1c(F)cccc1S(=O)(=O)N1CCN(C[C@@H](C)O)C[C@H]1C. The third kappa shape index (κ3) is 3.48. The lowest BCUT2D eigenvalue weighted by atomic mass is 10.2. The topological polar surface area (TPSA) is 60.9 Å². The van der Waals surface area contributed by atoms with Crippen molar-refractivity contribution in [1.29, 1.82) is 0 Å². The summed E-state index contributed by atoms with van der Waals surface area (Å²) in [6, 6.07) is 3.91. The number of halogens is 1. The van der Waals surface area contributed by atoms with Crippen LogP contribution in [0, 0.1) is 12.7 Å². The molecule has 1 aliphatic rings. The van der Waals surface area contributed by atoms with Crippen LogP contribution in [0.2, 0.25) is 0 Å². The lowest BCUT2D eigenvalue weighted by molar-refractivity contribution is 0.0840. The first-order chi connectivity index (χ1) is 10.2. The van der Waals surface area contributed by atoms with Crippen LogP contribution in [0.3, 0.4) is 0 Å². The summed E-state index contributed by atoms with van der Waals surface area (Å²) in [4.78, 5) is 2.07. The molecule has 0 saturated carbocycles. The van der Waals surface area contributed by atoms with Crippen molar-refractivity contribution in [2.75, 3.05) is 26.2 Å². The van der Waals surface area contributed by atoms with Gasteiger partial charge in [0.05, 0.1) is 11.0 Å². The van der Waals surface area contributed by atoms with Gasteiger partial charge in [-0.1, -0.05) is 6.07 Å². The van der Waals surface area contributed by atoms with E-state index in [2.05, 4.69) is 0 Å². The summed E-state index contributed by atoms with van der Waals surface area (Å²) < 4.78 is 40.7. The van der Waals surface area contributed by atoms with E-state index in [1.807, 2.05) is 11.8 Å². The molecule has 0 unspecified atom stereocenters. The van der Waals surface area contributed by atoms with E-state index in [4.69, 9.17) is 0 Å². The average Bonchev–Trinajstić information content (AvgIpc) is 2.40. The molecular formula is C15H23FN2O3S. The number of rotatable bonds is 4. The summed E-state index contributed by atoms with van der Waals surface area (Å²) in [6.45, 7) is 7.01. The maximum absolute atomic E-state index is 13.7. The Kier molecular flexibility index (Phi) is 5.21. The van der Waals surface area contributed by atoms with Gasteiger partial charge in [-0.2, -0.15) is 4.31 Å². The second kappa shape index (κ2) is 6.62. The molecule has 1 heterocycles. The van der Waals surface area contributed by atoms with Crippen molar-refractivity contribution in [1.82, 2.24) is 9.21 Å². The van der Waals surface area contributed by atoms with Gasteiger partial charge in [-0.3, -0.25) is 4.90 Å². The van der Waals surface area contributed by atoms with Crippen molar-refractivity contribution in [3.63, 3.8) is 0 Å². The fraction of sp³-hybridized carbons (Fsp3) is 0.600. The minimum atomic E-state index is -3.71. The van der Waals surface area contributed by atoms with Gasteiger partial charge in [0, 0.05) is 37.8 Å². The highest BCUT2D eigenvalue weighted by Crippen LogP contribution is 2.25. The van der Waals surface area contributed by atoms with Gasteiger partial charge < -0.3 is 5.11 Å². The number of benzene rings is 1. The first kappa shape index (κ1) is 17.3. The van der Waals surface area contributed by atoms with E-state index in [1.54, 1.807) is 6.92 Å². The molecule has 5 nitrogen and oxygen atoms in total. The van der Waals surface area contributed by atoms with Crippen LogP contribution in [0.15, 0.2) is 23.1 Å². The maximum atomic E-state index is 13.7. The zero-order valence-electron chi connectivity index (χ0n) is 13.2. The first-order valence-corrected chi connectivity index (χ1v) is 8.85. The molecule has 0 amide bonds. The minimum absolute atomic E-state index is 0.0309. The van der Waals surface area contributed by atoms with E-state index in [0.717, 1.165) is 0 Å².